The summed E-state index contributed by atoms with van der Waals surface area (Å²) in [6.07, 6.45) is 0.991. The van der Waals surface area contributed by atoms with Crippen molar-refractivity contribution in [2.45, 2.75) is 18.9 Å². The Morgan fingerprint density at radius 2 is 2.12 bits per heavy atom. The van der Waals surface area contributed by atoms with Gasteiger partial charge in [-0.2, -0.15) is 11.3 Å². The van der Waals surface area contributed by atoms with Crippen molar-refractivity contribution in [2.24, 2.45) is 0 Å². The molecule has 0 unspecified atom stereocenters. The molecule has 0 saturated carbocycles. The van der Waals surface area contributed by atoms with Crippen LogP contribution in [-0.2, 0) is 20.7 Å². The van der Waals surface area contributed by atoms with Crippen LogP contribution in [0.1, 0.15) is 33.9 Å². The Morgan fingerprint density at radius 1 is 1.29 bits per heavy atom. The van der Waals surface area contributed by atoms with Gasteiger partial charge < -0.3 is 15.4 Å². The highest BCUT2D eigenvalue weighted by atomic mass is 32.1. The molecule has 0 fully saturated rings. The lowest BCUT2D eigenvalue weighted by atomic mass is 10.00. The standard InChI is InChI=1S/C17H16N2O4S/c1-23-17(22)15(12-6-7-24-9-12)19-16(21)11-2-4-13-10(8-11)3-5-14(20)18-13/h2,4,6-9,15H,3,5H2,1H3,(H,18,20)(H,19,21)/t15-/m0/s1. The van der Waals surface area contributed by atoms with Gasteiger partial charge in [0.05, 0.1) is 7.11 Å². The molecule has 1 aliphatic heterocycles. The smallest absolute Gasteiger partial charge is 0.333 e. The van der Waals surface area contributed by atoms with Crippen molar-refractivity contribution in [3.8, 4) is 0 Å². The zero-order chi connectivity index (χ0) is 17.1. The molecular weight excluding hydrogens is 328 g/mol. The van der Waals surface area contributed by atoms with Crippen molar-refractivity contribution in [3.05, 3.63) is 51.7 Å². The van der Waals surface area contributed by atoms with Crippen LogP contribution in [0.4, 0.5) is 5.69 Å². The van der Waals surface area contributed by atoms with E-state index in [-0.39, 0.29) is 11.8 Å². The van der Waals surface area contributed by atoms with Crippen LogP contribution in [0, 0.1) is 0 Å². The number of rotatable bonds is 4. The molecule has 2 heterocycles. The number of amides is 2. The van der Waals surface area contributed by atoms with Crippen LogP contribution in [0.25, 0.3) is 0 Å². The van der Waals surface area contributed by atoms with Crippen molar-refractivity contribution in [1.82, 2.24) is 5.32 Å². The molecule has 0 radical (unpaired) electrons. The molecule has 1 atom stereocenters. The van der Waals surface area contributed by atoms with Gasteiger partial charge in [-0.05, 0) is 52.6 Å². The highest BCUT2D eigenvalue weighted by molar-refractivity contribution is 7.08. The SMILES string of the molecule is COC(=O)[C@@H](NC(=O)c1ccc2c(c1)CCC(=O)N2)c1ccsc1. The number of esters is 1. The summed E-state index contributed by atoms with van der Waals surface area (Å²) in [7, 11) is 1.29. The second-order valence-corrected chi connectivity index (χ2v) is 6.19. The highest BCUT2D eigenvalue weighted by Gasteiger charge is 2.25. The molecule has 24 heavy (non-hydrogen) atoms. The Bertz CT molecular complexity index is 786. The molecule has 1 aromatic heterocycles. The second-order valence-electron chi connectivity index (χ2n) is 5.41. The van der Waals surface area contributed by atoms with Crippen molar-refractivity contribution in [3.63, 3.8) is 0 Å². The Morgan fingerprint density at radius 3 is 2.83 bits per heavy atom. The van der Waals surface area contributed by atoms with E-state index >= 15 is 0 Å². The molecule has 124 valence electrons. The maximum atomic E-state index is 12.5. The topological polar surface area (TPSA) is 84.5 Å². The summed E-state index contributed by atoms with van der Waals surface area (Å²) in [5.41, 5.74) is 2.76. The van der Waals surface area contributed by atoms with Crippen molar-refractivity contribution in [2.75, 3.05) is 12.4 Å². The quantitative estimate of drug-likeness (QED) is 0.834. The van der Waals surface area contributed by atoms with Gasteiger partial charge in [0.15, 0.2) is 6.04 Å². The number of carbonyl (C=O) groups excluding carboxylic acids is 3. The zero-order valence-corrected chi connectivity index (χ0v) is 13.8. The van der Waals surface area contributed by atoms with Gasteiger partial charge in [-0.15, -0.1) is 0 Å². The number of carbonyl (C=O) groups is 3. The van der Waals surface area contributed by atoms with Gasteiger partial charge in [0.25, 0.3) is 5.91 Å². The molecule has 1 aromatic carbocycles. The lowest BCUT2D eigenvalue weighted by Gasteiger charge is -2.19. The van der Waals surface area contributed by atoms with Crippen molar-refractivity contribution < 1.29 is 19.1 Å². The third kappa shape index (κ3) is 3.30. The molecule has 3 rings (SSSR count). The van der Waals surface area contributed by atoms with Crippen LogP contribution >= 0.6 is 11.3 Å². The molecule has 7 heteroatoms. The van der Waals surface area contributed by atoms with Gasteiger partial charge in [-0.1, -0.05) is 0 Å². The number of methoxy groups -OCH3 is 1. The molecule has 2 N–H and O–H groups in total. The molecule has 2 aromatic rings. The van der Waals surface area contributed by atoms with Crippen LogP contribution in [0.2, 0.25) is 0 Å². The van der Waals surface area contributed by atoms with Gasteiger partial charge in [0, 0.05) is 17.7 Å². The van der Waals surface area contributed by atoms with Gasteiger partial charge in [-0.3, -0.25) is 9.59 Å². The molecule has 1 aliphatic rings. The molecular formula is C17H16N2O4S. The van der Waals surface area contributed by atoms with Crippen LogP contribution in [0.5, 0.6) is 0 Å². The van der Waals surface area contributed by atoms with Crippen molar-refractivity contribution in [1.29, 1.82) is 0 Å². The maximum Gasteiger partial charge on any atom is 0.333 e. The summed E-state index contributed by atoms with van der Waals surface area (Å²) in [6, 6.07) is 6.01. The van der Waals surface area contributed by atoms with E-state index in [2.05, 4.69) is 10.6 Å². The fraction of sp³-hybridized carbons (Fsp3) is 0.235. The van der Waals surface area contributed by atoms with E-state index in [1.165, 1.54) is 18.4 Å². The third-order valence-electron chi connectivity index (χ3n) is 3.85. The Balaban J connectivity index is 1.81. The van der Waals surface area contributed by atoms with Crippen LogP contribution in [0.3, 0.4) is 0 Å². The number of fused-ring (bicyclic) bond motifs is 1. The highest BCUT2D eigenvalue weighted by Crippen LogP contribution is 2.24. The van der Waals surface area contributed by atoms with E-state index in [4.69, 9.17) is 4.74 Å². The summed E-state index contributed by atoms with van der Waals surface area (Å²) in [5.74, 6) is -0.911. The first-order valence-electron chi connectivity index (χ1n) is 7.42. The average molecular weight is 344 g/mol. The molecule has 0 spiro atoms. The van der Waals surface area contributed by atoms with Gasteiger partial charge in [0.2, 0.25) is 5.91 Å². The van der Waals surface area contributed by atoms with E-state index in [9.17, 15) is 14.4 Å². The number of thiophene rings is 1. The van der Waals surface area contributed by atoms with Crippen LogP contribution < -0.4 is 10.6 Å². The number of anilines is 1. The number of hydrogen-bond acceptors (Lipinski definition) is 5. The van der Waals surface area contributed by atoms with E-state index in [0.29, 0.717) is 24.0 Å². The first-order valence-corrected chi connectivity index (χ1v) is 8.36. The largest absolute Gasteiger partial charge is 0.467 e. The fourth-order valence-corrected chi connectivity index (χ4v) is 3.26. The molecule has 0 bridgehead atoms. The predicted molar refractivity (Wildman–Crippen MR) is 89.9 cm³/mol. The van der Waals surface area contributed by atoms with Crippen molar-refractivity contribution >= 4 is 34.8 Å². The number of ether oxygens (including phenoxy) is 1. The first kappa shape index (κ1) is 16.2. The lowest BCUT2D eigenvalue weighted by Crippen LogP contribution is -2.34. The number of nitrogens with one attached hydrogen (secondary N) is 2. The van der Waals surface area contributed by atoms with Gasteiger partial charge in [0.1, 0.15) is 0 Å². The Kier molecular flexibility index (Phi) is 4.61. The summed E-state index contributed by atoms with van der Waals surface area (Å²) in [5, 5.41) is 9.11. The van der Waals surface area contributed by atoms with E-state index in [0.717, 1.165) is 11.3 Å². The van der Waals surface area contributed by atoms with Gasteiger partial charge >= 0.3 is 5.97 Å². The van der Waals surface area contributed by atoms with E-state index in [1.807, 2.05) is 5.38 Å². The van der Waals surface area contributed by atoms with Gasteiger partial charge in [-0.25, -0.2) is 4.79 Å². The Hall–Kier alpha value is -2.67. The molecule has 2 amide bonds. The molecule has 0 saturated heterocycles. The summed E-state index contributed by atoms with van der Waals surface area (Å²) in [4.78, 5) is 35.9. The number of benzene rings is 1. The maximum absolute atomic E-state index is 12.5. The number of hydrogen-bond donors (Lipinski definition) is 2. The van der Waals surface area contributed by atoms with E-state index in [1.54, 1.807) is 29.6 Å². The van der Waals surface area contributed by atoms with Crippen LogP contribution in [0.15, 0.2) is 35.0 Å². The minimum absolute atomic E-state index is 0.0251. The monoisotopic (exact) mass is 344 g/mol. The predicted octanol–water partition coefficient (Wildman–Crippen LogP) is 2.28. The second kappa shape index (κ2) is 6.84. The normalized spacial score (nSPS) is 14.3. The Labute approximate surface area is 142 Å². The fourth-order valence-electron chi connectivity index (χ4n) is 2.57. The minimum atomic E-state index is -0.843. The minimum Gasteiger partial charge on any atom is -0.467 e. The molecule has 6 nitrogen and oxygen atoms in total. The first-order chi connectivity index (χ1) is 11.6. The lowest BCUT2D eigenvalue weighted by molar-refractivity contribution is -0.143. The summed E-state index contributed by atoms with van der Waals surface area (Å²) in [6.45, 7) is 0. The summed E-state index contributed by atoms with van der Waals surface area (Å²) < 4.78 is 4.78. The third-order valence-corrected chi connectivity index (χ3v) is 4.55. The van der Waals surface area contributed by atoms with Crippen LogP contribution in [-0.4, -0.2) is 24.9 Å². The van der Waals surface area contributed by atoms with E-state index < -0.39 is 12.0 Å². The summed E-state index contributed by atoms with van der Waals surface area (Å²) >= 11 is 1.44. The number of aryl methyl sites for hydroxylation is 1. The molecule has 0 aliphatic carbocycles. The average Bonchev–Trinajstić information content (AvgIpc) is 3.12. The zero-order valence-electron chi connectivity index (χ0n) is 13.0.